The minimum absolute atomic E-state index is 0.0846. The predicted octanol–water partition coefficient (Wildman–Crippen LogP) is 4.22. The molecule has 1 fully saturated rings. The molecule has 1 aliphatic heterocycles. The number of H-pyrrole nitrogens is 1. The molecule has 162 valence electrons. The monoisotopic (exact) mass is 435 g/mol. The molecule has 4 rings (SSSR count). The Hall–Kier alpha value is -2.77. The van der Waals surface area contributed by atoms with Crippen molar-refractivity contribution in [2.45, 2.75) is 45.8 Å². The fraction of sp³-hybridized carbons (Fsp3) is 0.375. The summed E-state index contributed by atoms with van der Waals surface area (Å²) in [6.07, 6.45) is 3.87. The van der Waals surface area contributed by atoms with E-state index in [4.69, 9.17) is 12.2 Å². The number of carbonyl (C=O) groups is 1. The van der Waals surface area contributed by atoms with Gasteiger partial charge in [0.2, 0.25) is 5.91 Å². The molecule has 0 radical (unpaired) electrons. The van der Waals surface area contributed by atoms with Gasteiger partial charge < -0.3 is 5.32 Å². The smallest absolute Gasteiger partial charge is 0.240 e. The Kier molecular flexibility index (Phi) is 6.94. The first-order valence-corrected chi connectivity index (χ1v) is 11.3. The molecule has 6 nitrogen and oxygen atoms in total. The van der Waals surface area contributed by atoms with E-state index < -0.39 is 0 Å². The van der Waals surface area contributed by atoms with E-state index in [1.54, 1.807) is 4.57 Å². The zero-order valence-corrected chi connectivity index (χ0v) is 18.8. The summed E-state index contributed by atoms with van der Waals surface area (Å²) >= 11 is 5.37. The normalized spacial score (nSPS) is 14.5. The number of aromatic amines is 1. The topological polar surface area (TPSA) is 66.0 Å². The van der Waals surface area contributed by atoms with Gasteiger partial charge in [-0.05, 0) is 56.2 Å². The molecule has 1 amide bonds. The van der Waals surface area contributed by atoms with Gasteiger partial charge in [-0.15, -0.1) is 0 Å². The van der Waals surface area contributed by atoms with Crippen molar-refractivity contribution in [3.8, 4) is 11.4 Å². The first kappa shape index (κ1) is 21.5. The molecular weight excluding hydrogens is 406 g/mol. The van der Waals surface area contributed by atoms with Crippen LogP contribution >= 0.6 is 12.2 Å². The van der Waals surface area contributed by atoms with Crippen LogP contribution in [-0.4, -0.2) is 38.7 Å². The summed E-state index contributed by atoms with van der Waals surface area (Å²) in [5.41, 5.74) is 4.55. The summed E-state index contributed by atoms with van der Waals surface area (Å²) in [7, 11) is 0. The molecule has 3 aromatic rings. The second kappa shape index (κ2) is 10.0. The van der Waals surface area contributed by atoms with Crippen molar-refractivity contribution >= 4 is 18.1 Å². The minimum Gasteiger partial charge on any atom is -0.350 e. The Morgan fingerprint density at radius 1 is 1.06 bits per heavy atom. The summed E-state index contributed by atoms with van der Waals surface area (Å²) in [5, 5.41) is 10.2. The molecule has 0 aliphatic carbocycles. The first-order valence-electron chi connectivity index (χ1n) is 10.9. The summed E-state index contributed by atoms with van der Waals surface area (Å²) in [6, 6.07) is 16.4. The number of rotatable bonds is 7. The third-order valence-electron chi connectivity index (χ3n) is 5.81. The van der Waals surface area contributed by atoms with Crippen LogP contribution in [0.5, 0.6) is 0 Å². The Bertz CT molecular complexity index is 1080. The van der Waals surface area contributed by atoms with Gasteiger partial charge >= 0.3 is 0 Å². The maximum atomic E-state index is 12.7. The van der Waals surface area contributed by atoms with Gasteiger partial charge in [-0.25, -0.2) is 0 Å². The van der Waals surface area contributed by atoms with Crippen LogP contribution in [-0.2, 0) is 24.4 Å². The van der Waals surface area contributed by atoms with Crippen molar-refractivity contribution in [2.75, 3.05) is 13.1 Å². The number of hydrogen-bond donors (Lipinski definition) is 2. The molecule has 2 heterocycles. The molecule has 1 aliphatic rings. The van der Waals surface area contributed by atoms with E-state index in [0.717, 1.165) is 30.8 Å². The zero-order chi connectivity index (χ0) is 21.6. The van der Waals surface area contributed by atoms with Crippen LogP contribution in [0.2, 0.25) is 0 Å². The van der Waals surface area contributed by atoms with Crippen molar-refractivity contribution in [1.29, 1.82) is 0 Å². The number of hydrogen-bond acceptors (Lipinski definition) is 4. The quantitative estimate of drug-likeness (QED) is 0.546. The van der Waals surface area contributed by atoms with Gasteiger partial charge in [0, 0.05) is 18.7 Å². The number of nitrogens with zero attached hydrogens (tertiary/aromatic N) is 3. The fourth-order valence-electron chi connectivity index (χ4n) is 4.02. The van der Waals surface area contributed by atoms with Gasteiger partial charge in [0.25, 0.3) is 0 Å². The van der Waals surface area contributed by atoms with Crippen LogP contribution in [0, 0.1) is 11.7 Å². The lowest BCUT2D eigenvalue weighted by atomic mass is 10.0. The summed E-state index contributed by atoms with van der Waals surface area (Å²) in [4.78, 5) is 15.2. The minimum atomic E-state index is -0.0846. The molecule has 0 bridgehead atoms. The third-order valence-corrected chi connectivity index (χ3v) is 6.12. The van der Waals surface area contributed by atoms with E-state index >= 15 is 0 Å². The molecule has 0 saturated carbocycles. The van der Waals surface area contributed by atoms with Crippen LogP contribution in [0.1, 0.15) is 36.0 Å². The predicted molar refractivity (Wildman–Crippen MR) is 125 cm³/mol. The van der Waals surface area contributed by atoms with Crippen molar-refractivity contribution in [3.63, 3.8) is 0 Å². The van der Waals surface area contributed by atoms with Gasteiger partial charge in [0.15, 0.2) is 10.6 Å². The van der Waals surface area contributed by atoms with E-state index in [2.05, 4.69) is 38.6 Å². The van der Waals surface area contributed by atoms with Crippen molar-refractivity contribution < 1.29 is 4.79 Å². The number of carbonyl (C=O) groups excluding carboxylic acids is 1. The number of amides is 1. The van der Waals surface area contributed by atoms with E-state index in [-0.39, 0.29) is 12.5 Å². The van der Waals surface area contributed by atoms with Crippen LogP contribution in [0.15, 0.2) is 48.5 Å². The zero-order valence-electron chi connectivity index (χ0n) is 17.9. The Labute approximate surface area is 188 Å². The SMILES string of the molecule is Cc1ccc(-c2n[nH]c(=S)n2CC(=O)NCc2ccccc2CN2CCCCC2)cc1. The second-order valence-electron chi connectivity index (χ2n) is 8.19. The van der Waals surface area contributed by atoms with Gasteiger partial charge in [-0.3, -0.25) is 19.4 Å². The Balaban J connectivity index is 1.41. The van der Waals surface area contributed by atoms with E-state index in [1.807, 2.05) is 37.3 Å². The van der Waals surface area contributed by atoms with E-state index in [1.165, 1.54) is 30.4 Å². The van der Waals surface area contributed by atoms with Gasteiger partial charge in [-0.1, -0.05) is 60.5 Å². The number of nitrogens with one attached hydrogen (secondary N) is 2. The number of benzene rings is 2. The Morgan fingerprint density at radius 2 is 1.77 bits per heavy atom. The maximum Gasteiger partial charge on any atom is 0.240 e. The Morgan fingerprint density at radius 3 is 2.52 bits per heavy atom. The van der Waals surface area contributed by atoms with Crippen LogP contribution in [0.25, 0.3) is 11.4 Å². The molecule has 31 heavy (non-hydrogen) atoms. The second-order valence-corrected chi connectivity index (χ2v) is 8.57. The van der Waals surface area contributed by atoms with E-state index in [9.17, 15) is 4.79 Å². The molecule has 7 heteroatoms. The highest BCUT2D eigenvalue weighted by molar-refractivity contribution is 7.71. The van der Waals surface area contributed by atoms with Gasteiger partial charge in [0.05, 0.1) is 0 Å². The molecule has 1 aromatic heterocycles. The lowest BCUT2D eigenvalue weighted by Crippen LogP contribution is -2.31. The lowest BCUT2D eigenvalue weighted by Gasteiger charge is -2.27. The molecule has 0 spiro atoms. The average Bonchev–Trinajstić information content (AvgIpc) is 3.14. The van der Waals surface area contributed by atoms with Gasteiger partial charge in [-0.2, -0.15) is 5.10 Å². The summed E-state index contributed by atoms with van der Waals surface area (Å²) < 4.78 is 2.19. The first-order chi connectivity index (χ1) is 15.1. The molecule has 1 saturated heterocycles. The fourth-order valence-corrected chi connectivity index (χ4v) is 4.22. The molecule has 0 atom stereocenters. The maximum absolute atomic E-state index is 12.7. The highest BCUT2D eigenvalue weighted by Crippen LogP contribution is 2.18. The van der Waals surface area contributed by atoms with Crippen LogP contribution in [0.3, 0.4) is 0 Å². The van der Waals surface area contributed by atoms with E-state index in [0.29, 0.717) is 17.1 Å². The number of likely N-dealkylation sites (tertiary alicyclic amines) is 1. The largest absolute Gasteiger partial charge is 0.350 e. The average molecular weight is 436 g/mol. The van der Waals surface area contributed by atoms with Crippen molar-refractivity contribution in [3.05, 3.63) is 70.0 Å². The summed E-state index contributed by atoms with van der Waals surface area (Å²) in [5.74, 6) is 0.587. The number of aryl methyl sites for hydroxylation is 1. The highest BCUT2D eigenvalue weighted by Gasteiger charge is 2.15. The third kappa shape index (κ3) is 5.48. The van der Waals surface area contributed by atoms with Crippen molar-refractivity contribution in [2.24, 2.45) is 0 Å². The summed E-state index contributed by atoms with van der Waals surface area (Å²) in [6.45, 7) is 5.93. The van der Waals surface area contributed by atoms with Crippen LogP contribution in [0.4, 0.5) is 0 Å². The standard InChI is InChI=1S/C24H29N5OS/c1-18-9-11-19(12-10-18)23-26-27-24(31)29(23)17-22(30)25-15-20-7-3-4-8-21(20)16-28-13-5-2-6-14-28/h3-4,7-12H,2,5-6,13-17H2,1H3,(H,25,30)(H,27,31). The molecule has 2 aromatic carbocycles. The molecule has 0 unspecified atom stereocenters. The molecule has 2 N–H and O–H groups in total. The lowest BCUT2D eigenvalue weighted by molar-refractivity contribution is -0.121. The van der Waals surface area contributed by atoms with Crippen molar-refractivity contribution in [1.82, 2.24) is 25.0 Å². The van der Waals surface area contributed by atoms with Gasteiger partial charge in [0.1, 0.15) is 6.54 Å². The number of aromatic nitrogens is 3. The highest BCUT2D eigenvalue weighted by atomic mass is 32.1. The number of piperidine rings is 1. The van der Waals surface area contributed by atoms with Crippen LogP contribution < -0.4 is 5.32 Å². The molecular formula is C24H29N5OS.